The molecule has 34 heavy (non-hydrogen) atoms. The van der Waals surface area contributed by atoms with Crippen molar-refractivity contribution in [3.05, 3.63) is 34.9 Å². The zero-order valence-electron chi connectivity index (χ0n) is 20.8. The van der Waals surface area contributed by atoms with Gasteiger partial charge in [-0.1, -0.05) is 13.8 Å². The number of fused-ring (bicyclic) bond motifs is 2. The predicted molar refractivity (Wildman–Crippen MR) is 125 cm³/mol. The molecule has 8 nitrogen and oxygen atoms in total. The number of methoxy groups -OCH3 is 4. The molecule has 8 heteroatoms. The number of rotatable bonds is 7. The smallest absolute Gasteiger partial charge is 0.308 e. The third-order valence-electron chi connectivity index (χ3n) is 6.40. The van der Waals surface area contributed by atoms with E-state index in [1.165, 1.54) is 0 Å². The van der Waals surface area contributed by atoms with Gasteiger partial charge in [-0.2, -0.15) is 0 Å². The Labute approximate surface area is 200 Å². The lowest BCUT2D eigenvalue weighted by atomic mass is 9.71. The Kier molecular flexibility index (Phi) is 6.43. The Morgan fingerprint density at radius 1 is 0.971 bits per heavy atom. The molecular formula is C26H32O8. The van der Waals surface area contributed by atoms with E-state index in [0.29, 0.717) is 47.3 Å². The van der Waals surface area contributed by atoms with Crippen LogP contribution in [0.15, 0.2) is 18.2 Å². The molecule has 184 valence electrons. The van der Waals surface area contributed by atoms with Crippen LogP contribution in [0, 0.1) is 5.92 Å². The van der Waals surface area contributed by atoms with E-state index in [9.17, 15) is 4.79 Å². The van der Waals surface area contributed by atoms with Crippen LogP contribution in [0.2, 0.25) is 0 Å². The summed E-state index contributed by atoms with van der Waals surface area (Å²) in [7, 11) is 6.38. The number of esters is 1. The zero-order chi connectivity index (χ0) is 24.6. The van der Waals surface area contributed by atoms with Crippen LogP contribution >= 0.6 is 0 Å². The van der Waals surface area contributed by atoms with E-state index in [-0.39, 0.29) is 24.6 Å². The highest BCUT2D eigenvalue weighted by atomic mass is 16.7. The summed E-state index contributed by atoms with van der Waals surface area (Å²) < 4.78 is 40.1. The van der Waals surface area contributed by atoms with Gasteiger partial charge in [0.15, 0.2) is 23.0 Å². The Morgan fingerprint density at radius 2 is 1.68 bits per heavy atom. The lowest BCUT2D eigenvalue weighted by Crippen LogP contribution is -2.41. The van der Waals surface area contributed by atoms with Crippen LogP contribution in [-0.2, 0) is 16.0 Å². The Hall–Kier alpha value is -3.29. The Morgan fingerprint density at radius 3 is 2.29 bits per heavy atom. The zero-order valence-corrected chi connectivity index (χ0v) is 20.8. The van der Waals surface area contributed by atoms with Gasteiger partial charge in [-0.3, -0.25) is 4.79 Å². The summed E-state index contributed by atoms with van der Waals surface area (Å²) in [5.74, 6) is 2.77. The number of benzene rings is 2. The molecule has 0 saturated carbocycles. The van der Waals surface area contributed by atoms with Gasteiger partial charge in [0.2, 0.25) is 18.3 Å². The van der Waals surface area contributed by atoms with E-state index in [2.05, 4.69) is 0 Å². The van der Waals surface area contributed by atoms with E-state index >= 15 is 0 Å². The molecule has 0 spiro atoms. The first kappa shape index (κ1) is 23.9. The fourth-order valence-corrected chi connectivity index (χ4v) is 4.84. The molecule has 0 saturated heterocycles. The van der Waals surface area contributed by atoms with Gasteiger partial charge < -0.3 is 33.2 Å². The first-order chi connectivity index (χ1) is 16.2. The summed E-state index contributed by atoms with van der Waals surface area (Å²) in [5, 5.41) is 0. The molecule has 2 aromatic rings. The topological polar surface area (TPSA) is 81.7 Å². The summed E-state index contributed by atoms with van der Waals surface area (Å²) in [6.45, 7) is 5.77. The van der Waals surface area contributed by atoms with E-state index in [0.717, 1.165) is 16.7 Å². The lowest BCUT2D eigenvalue weighted by molar-refractivity contribution is -0.163. The third-order valence-corrected chi connectivity index (χ3v) is 6.40. The molecule has 1 heterocycles. The highest BCUT2D eigenvalue weighted by Gasteiger charge is 2.43. The van der Waals surface area contributed by atoms with Gasteiger partial charge in [0.05, 0.1) is 34.4 Å². The van der Waals surface area contributed by atoms with Crippen LogP contribution in [0.1, 0.15) is 49.8 Å². The second-order valence-corrected chi connectivity index (χ2v) is 9.13. The molecule has 0 unspecified atom stereocenters. The van der Waals surface area contributed by atoms with E-state index in [4.69, 9.17) is 33.2 Å². The highest BCUT2D eigenvalue weighted by molar-refractivity contribution is 5.72. The van der Waals surface area contributed by atoms with E-state index in [1.807, 2.05) is 39.0 Å². The first-order valence-corrected chi connectivity index (χ1v) is 11.3. The monoisotopic (exact) mass is 472 g/mol. The summed E-state index contributed by atoms with van der Waals surface area (Å²) in [6, 6.07) is 5.83. The van der Waals surface area contributed by atoms with Crippen LogP contribution in [-0.4, -0.2) is 46.8 Å². The molecule has 0 fully saturated rings. The van der Waals surface area contributed by atoms with Crippen molar-refractivity contribution in [2.24, 2.45) is 5.92 Å². The van der Waals surface area contributed by atoms with Crippen LogP contribution in [0.4, 0.5) is 0 Å². The summed E-state index contributed by atoms with van der Waals surface area (Å²) >= 11 is 0. The summed E-state index contributed by atoms with van der Waals surface area (Å²) in [6.07, 6.45) is 1.04. The molecule has 0 radical (unpaired) electrons. The van der Waals surface area contributed by atoms with Crippen LogP contribution < -0.4 is 28.4 Å². The predicted octanol–water partition coefficient (Wildman–Crippen LogP) is 4.49. The van der Waals surface area contributed by atoms with Crippen molar-refractivity contribution in [2.45, 2.75) is 45.1 Å². The Balaban J connectivity index is 1.93. The minimum absolute atomic E-state index is 0.133. The minimum Gasteiger partial charge on any atom is -0.493 e. The number of ether oxygens (including phenoxy) is 7. The second kappa shape index (κ2) is 9.16. The van der Waals surface area contributed by atoms with Crippen molar-refractivity contribution >= 4 is 5.97 Å². The number of carbonyl (C=O) groups is 1. The average molecular weight is 473 g/mol. The van der Waals surface area contributed by atoms with Gasteiger partial charge in [-0.15, -0.1) is 0 Å². The maximum atomic E-state index is 12.6. The van der Waals surface area contributed by atoms with E-state index in [1.54, 1.807) is 28.4 Å². The Bertz CT molecular complexity index is 1090. The molecule has 0 N–H and O–H groups in total. The maximum absolute atomic E-state index is 12.6. The quantitative estimate of drug-likeness (QED) is 0.546. The second-order valence-electron chi connectivity index (χ2n) is 9.13. The molecular weight excluding hydrogens is 440 g/mol. The van der Waals surface area contributed by atoms with Crippen molar-refractivity contribution < 1.29 is 38.0 Å². The fourth-order valence-electron chi connectivity index (χ4n) is 4.84. The van der Waals surface area contributed by atoms with Gasteiger partial charge in [0.25, 0.3) is 0 Å². The van der Waals surface area contributed by atoms with Gasteiger partial charge in [0, 0.05) is 17.9 Å². The molecule has 1 aliphatic carbocycles. The largest absolute Gasteiger partial charge is 0.493 e. The lowest BCUT2D eigenvalue weighted by Gasteiger charge is -2.40. The number of carbonyl (C=O) groups excluding carboxylic acids is 1. The molecule has 0 aromatic heterocycles. The fraction of sp³-hybridized carbons (Fsp3) is 0.500. The first-order valence-electron chi connectivity index (χ1n) is 11.3. The third kappa shape index (κ3) is 4.06. The van der Waals surface area contributed by atoms with Crippen molar-refractivity contribution in [1.29, 1.82) is 0 Å². The molecule has 2 aromatic carbocycles. The van der Waals surface area contributed by atoms with Gasteiger partial charge in [0.1, 0.15) is 5.60 Å². The van der Waals surface area contributed by atoms with Gasteiger partial charge in [-0.05, 0) is 42.7 Å². The van der Waals surface area contributed by atoms with E-state index < -0.39 is 5.60 Å². The number of hydrogen-bond acceptors (Lipinski definition) is 8. The summed E-state index contributed by atoms with van der Waals surface area (Å²) in [4.78, 5) is 12.6. The maximum Gasteiger partial charge on any atom is 0.308 e. The van der Waals surface area contributed by atoms with Gasteiger partial charge >= 0.3 is 5.97 Å². The minimum atomic E-state index is -0.743. The molecule has 2 aliphatic rings. The highest BCUT2D eigenvalue weighted by Crippen LogP contribution is 2.54. The number of hydrogen-bond donors (Lipinski definition) is 0. The van der Waals surface area contributed by atoms with Crippen molar-refractivity contribution in [1.82, 2.24) is 0 Å². The van der Waals surface area contributed by atoms with Crippen LogP contribution in [0.5, 0.6) is 34.5 Å². The SMILES string of the molecule is COc1cc([C@H]2C[C@@](C)(OC(=O)C(C)C)Cc3cc(OC)c(OC)c(OC)c32)cc2c1OCO2. The normalized spacial score (nSPS) is 20.5. The van der Waals surface area contributed by atoms with Crippen LogP contribution in [0.25, 0.3) is 0 Å². The van der Waals surface area contributed by atoms with Gasteiger partial charge in [-0.25, -0.2) is 0 Å². The molecule has 1 aliphatic heterocycles. The average Bonchev–Trinajstić information content (AvgIpc) is 3.29. The van der Waals surface area contributed by atoms with Crippen molar-refractivity contribution in [2.75, 3.05) is 35.2 Å². The summed E-state index contributed by atoms with van der Waals surface area (Å²) in [5.41, 5.74) is 2.10. The van der Waals surface area contributed by atoms with Crippen LogP contribution in [0.3, 0.4) is 0 Å². The molecule has 0 bridgehead atoms. The standard InChI is InChI=1S/C26H32O8/c1-14(2)25(27)34-26(3)11-16-10-19(29-5)23(30-6)24(31-7)21(16)17(12-26)15-8-18(28-4)22-20(9-15)32-13-33-22/h8-10,14,17H,11-13H2,1-7H3/t17-,26+/m1/s1. The molecule has 2 atom stereocenters. The van der Waals surface area contributed by atoms with Crippen molar-refractivity contribution in [3.63, 3.8) is 0 Å². The molecule has 4 rings (SSSR count). The molecule has 0 amide bonds. The van der Waals surface area contributed by atoms with Crippen molar-refractivity contribution in [3.8, 4) is 34.5 Å².